The van der Waals surface area contributed by atoms with Crippen LogP contribution in [0.1, 0.15) is 6.92 Å². The minimum Gasteiger partial charge on any atom is -0.493 e. The van der Waals surface area contributed by atoms with E-state index in [4.69, 9.17) is 21.7 Å². The molecule has 0 aliphatic rings. The number of nitrogens with one attached hydrogen (secondary N) is 2. The smallest absolute Gasteiger partial charge is 0.171 e. The van der Waals surface area contributed by atoms with Crippen LogP contribution in [0.25, 0.3) is 0 Å². The van der Waals surface area contributed by atoms with Gasteiger partial charge in [-0.25, -0.2) is 8.78 Å². The number of rotatable bonds is 6. The minimum atomic E-state index is -0.935. The average molecular weight is 352 g/mol. The number of anilines is 1. The summed E-state index contributed by atoms with van der Waals surface area (Å²) in [7, 11) is 1.57. The molecule has 0 saturated carbocycles. The summed E-state index contributed by atoms with van der Waals surface area (Å²) in [6.07, 6.45) is 0. The number of hydrogen-bond donors (Lipinski definition) is 2. The maximum absolute atomic E-state index is 13.2. The molecule has 0 amide bonds. The van der Waals surface area contributed by atoms with Gasteiger partial charge in [0.2, 0.25) is 0 Å². The molecule has 4 nitrogen and oxygen atoms in total. The van der Waals surface area contributed by atoms with Gasteiger partial charge in [0, 0.05) is 11.8 Å². The number of methoxy groups -OCH3 is 1. The molecule has 0 unspecified atom stereocenters. The fraction of sp³-hybridized carbons (Fsp3) is 0.235. The van der Waals surface area contributed by atoms with Crippen molar-refractivity contribution in [3.05, 3.63) is 54.1 Å². The molecule has 0 radical (unpaired) electrons. The largest absolute Gasteiger partial charge is 0.493 e. The molecular formula is C17H18F2N2O2S. The fourth-order valence-electron chi connectivity index (χ4n) is 1.96. The van der Waals surface area contributed by atoms with Gasteiger partial charge in [-0.05, 0) is 43.4 Å². The first kappa shape index (κ1) is 17.9. The van der Waals surface area contributed by atoms with Gasteiger partial charge in [0.05, 0.1) is 13.2 Å². The third kappa shape index (κ3) is 5.06. The predicted octanol–water partition coefficient (Wildman–Crippen LogP) is 3.73. The van der Waals surface area contributed by atoms with Gasteiger partial charge in [-0.1, -0.05) is 12.1 Å². The average Bonchev–Trinajstić information content (AvgIpc) is 2.56. The fourth-order valence-corrected chi connectivity index (χ4v) is 2.28. The van der Waals surface area contributed by atoms with Crippen LogP contribution in [0.4, 0.5) is 14.5 Å². The van der Waals surface area contributed by atoms with E-state index in [1.54, 1.807) is 7.11 Å². The summed E-state index contributed by atoms with van der Waals surface area (Å²) >= 11 is 5.15. The monoisotopic (exact) mass is 352 g/mol. The van der Waals surface area contributed by atoms with Crippen LogP contribution in [0.5, 0.6) is 11.5 Å². The highest BCUT2D eigenvalue weighted by molar-refractivity contribution is 7.80. The van der Waals surface area contributed by atoms with Gasteiger partial charge in [-0.3, -0.25) is 0 Å². The predicted molar refractivity (Wildman–Crippen MR) is 93.7 cm³/mol. The number of ether oxygens (including phenoxy) is 2. The molecule has 7 heteroatoms. The minimum absolute atomic E-state index is 0.111. The van der Waals surface area contributed by atoms with Crippen LogP contribution in [-0.4, -0.2) is 24.9 Å². The highest BCUT2D eigenvalue weighted by atomic mass is 32.1. The Morgan fingerprint density at radius 2 is 1.83 bits per heavy atom. The number of halogens is 2. The van der Waals surface area contributed by atoms with Crippen LogP contribution in [0.3, 0.4) is 0 Å². The second-order valence-electron chi connectivity index (χ2n) is 5.09. The lowest BCUT2D eigenvalue weighted by Gasteiger charge is -2.18. The highest BCUT2D eigenvalue weighted by Gasteiger charge is 2.09. The van der Waals surface area contributed by atoms with Crippen LogP contribution >= 0.6 is 12.2 Å². The Hall–Kier alpha value is -2.41. The molecule has 0 saturated heterocycles. The Kier molecular flexibility index (Phi) is 6.31. The van der Waals surface area contributed by atoms with Crippen molar-refractivity contribution >= 4 is 23.0 Å². The van der Waals surface area contributed by atoms with Crippen molar-refractivity contribution in [2.24, 2.45) is 0 Å². The van der Waals surface area contributed by atoms with Crippen LogP contribution in [0.15, 0.2) is 42.5 Å². The van der Waals surface area contributed by atoms with Crippen molar-refractivity contribution in [1.82, 2.24) is 5.32 Å². The highest BCUT2D eigenvalue weighted by Crippen LogP contribution is 2.25. The Bertz CT molecular complexity index is 713. The van der Waals surface area contributed by atoms with Gasteiger partial charge in [0.25, 0.3) is 0 Å². The first-order valence-corrected chi connectivity index (χ1v) is 7.69. The Balaban J connectivity index is 1.84. The number of benzene rings is 2. The molecule has 2 aromatic rings. The van der Waals surface area contributed by atoms with Gasteiger partial charge in [0.15, 0.2) is 28.2 Å². The summed E-state index contributed by atoms with van der Waals surface area (Å²) in [5, 5.41) is 6.09. The van der Waals surface area contributed by atoms with Crippen molar-refractivity contribution in [2.45, 2.75) is 13.0 Å². The quantitative estimate of drug-likeness (QED) is 0.776. The van der Waals surface area contributed by atoms with E-state index in [9.17, 15) is 8.78 Å². The van der Waals surface area contributed by atoms with Gasteiger partial charge >= 0.3 is 0 Å². The van der Waals surface area contributed by atoms with Crippen molar-refractivity contribution in [3.63, 3.8) is 0 Å². The SMILES string of the molecule is COc1ccccc1OC[C@@H](C)NC(=S)Nc1ccc(F)c(F)c1. The third-order valence-corrected chi connectivity index (χ3v) is 3.33. The second kappa shape index (κ2) is 8.44. The number of hydrogen-bond acceptors (Lipinski definition) is 3. The lowest BCUT2D eigenvalue weighted by Crippen LogP contribution is -2.39. The van der Waals surface area contributed by atoms with E-state index in [1.807, 2.05) is 31.2 Å². The van der Waals surface area contributed by atoms with Gasteiger partial charge in [-0.2, -0.15) is 0 Å². The Morgan fingerprint density at radius 3 is 2.50 bits per heavy atom. The van der Waals surface area contributed by atoms with E-state index >= 15 is 0 Å². The lowest BCUT2D eigenvalue weighted by molar-refractivity contribution is 0.270. The van der Waals surface area contributed by atoms with E-state index in [1.165, 1.54) is 6.07 Å². The summed E-state index contributed by atoms with van der Waals surface area (Å²) < 4.78 is 37.0. The number of para-hydroxylation sites is 2. The van der Waals surface area contributed by atoms with E-state index in [2.05, 4.69) is 10.6 Å². The first-order chi connectivity index (χ1) is 11.5. The van der Waals surface area contributed by atoms with Gasteiger partial charge in [0.1, 0.15) is 6.61 Å². The molecule has 0 heterocycles. The van der Waals surface area contributed by atoms with Crippen molar-refractivity contribution < 1.29 is 18.3 Å². The molecule has 24 heavy (non-hydrogen) atoms. The zero-order valence-corrected chi connectivity index (χ0v) is 14.1. The molecule has 2 aromatic carbocycles. The summed E-state index contributed by atoms with van der Waals surface area (Å²) in [5.41, 5.74) is 0.365. The molecule has 0 bridgehead atoms. The maximum atomic E-state index is 13.2. The summed E-state index contributed by atoms with van der Waals surface area (Å²) in [5.74, 6) is -0.561. The Labute approximate surface area is 144 Å². The summed E-state index contributed by atoms with van der Waals surface area (Å²) in [6, 6.07) is 10.7. The van der Waals surface area contributed by atoms with E-state index in [0.29, 0.717) is 23.8 Å². The van der Waals surface area contributed by atoms with Crippen molar-refractivity contribution in [2.75, 3.05) is 19.0 Å². The molecule has 2 N–H and O–H groups in total. The normalized spacial score (nSPS) is 11.5. The Morgan fingerprint density at radius 1 is 1.12 bits per heavy atom. The zero-order valence-electron chi connectivity index (χ0n) is 13.3. The lowest BCUT2D eigenvalue weighted by atomic mass is 10.3. The molecule has 128 valence electrons. The molecule has 0 aliphatic heterocycles. The molecule has 0 aliphatic carbocycles. The van der Waals surface area contributed by atoms with Crippen LogP contribution < -0.4 is 20.1 Å². The topological polar surface area (TPSA) is 42.5 Å². The second-order valence-corrected chi connectivity index (χ2v) is 5.50. The van der Waals surface area contributed by atoms with E-state index in [0.717, 1.165) is 12.1 Å². The standard InChI is InChI=1S/C17H18F2N2O2S/c1-11(10-23-16-6-4-3-5-15(16)22-2)20-17(24)21-12-7-8-13(18)14(19)9-12/h3-9,11H,10H2,1-2H3,(H2,20,21,24)/t11-/m1/s1. The van der Waals surface area contributed by atoms with Crippen molar-refractivity contribution in [3.8, 4) is 11.5 Å². The zero-order chi connectivity index (χ0) is 17.5. The van der Waals surface area contributed by atoms with E-state index < -0.39 is 11.6 Å². The van der Waals surface area contributed by atoms with Crippen LogP contribution in [0, 0.1) is 11.6 Å². The molecule has 1 atom stereocenters. The van der Waals surface area contributed by atoms with Crippen LogP contribution in [0.2, 0.25) is 0 Å². The molecule has 0 spiro atoms. The van der Waals surface area contributed by atoms with E-state index in [-0.39, 0.29) is 11.2 Å². The van der Waals surface area contributed by atoms with Gasteiger partial charge in [-0.15, -0.1) is 0 Å². The van der Waals surface area contributed by atoms with Crippen LogP contribution in [-0.2, 0) is 0 Å². The molecule has 2 rings (SSSR count). The summed E-state index contributed by atoms with van der Waals surface area (Å²) in [4.78, 5) is 0. The number of thiocarbonyl (C=S) groups is 1. The molecular weight excluding hydrogens is 334 g/mol. The maximum Gasteiger partial charge on any atom is 0.171 e. The first-order valence-electron chi connectivity index (χ1n) is 7.28. The molecule has 0 aromatic heterocycles. The summed E-state index contributed by atoms with van der Waals surface area (Å²) in [6.45, 7) is 2.23. The third-order valence-electron chi connectivity index (χ3n) is 3.11. The van der Waals surface area contributed by atoms with Crippen molar-refractivity contribution in [1.29, 1.82) is 0 Å². The van der Waals surface area contributed by atoms with Gasteiger partial charge < -0.3 is 20.1 Å². The molecule has 0 fully saturated rings.